The quantitative estimate of drug-likeness (QED) is 0.810. The summed E-state index contributed by atoms with van der Waals surface area (Å²) in [4.78, 5) is 0. The molecule has 1 fully saturated rings. The highest BCUT2D eigenvalue weighted by atomic mass is 32.2. The van der Waals surface area contributed by atoms with Gasteiger partial charge >= 0.3 is 0 Å². The molecule has 0 aliphatic carbocycles. The van der Waals surface area contributed by atoms with E-state index in [1.54, 1.807) is 11.2 Å². The van der Waals surface area contributed by atoms with Gasteiger partial charge in [0.15, 0.2) is 0 Å². The number of piperidine rings is 1. The normalized spacial score (nSPS) is 22.6. The van der Waals surface area contributed by atoms with Crippen LogP contribution in [0.1, 0.15) is 33.6 Å². The van der Waals surface area contributed by atoms with E-state index in [-0.39, 0.29) is 23.7 Å². The molecule has 0 aromatic carbocycles. The van der Waals surface area contributed by atoms with Gasteiger partial charge in [0.25, 0.3) is 0 Å². The van der Waals surface area contributed by atoms with E-state index in [1.165, 1.54) is 0 Å². The summed E-state index contributed by atoms with van der Waals surface area (Å²) in [6.07, 6.45) is 1.22. The van der Waals surface area contributed by atoms with E-state index in [0.717, 1.165) is 12.8 Å². The summed E-state index contributed by atoms with van der Waals surface area (Å²) in [5.74, 6) is 0.650. The Kier molecular flexibility index (Phi) is 4.76. The Hall–Kier alpha value is -0.130. The van der Waals surface area contributed by atoms with Gasteiger partial charge in [0.1, 0.15) is 0 Å². The van der Waals surface area contributed by atoms with E-state index in [0.29, 0.717) is 13.1 Å². The molecule has 1 saturated heterocycles. The lowest BCUT2D eigenvalue weighted by molar-refractivity contribution is 0.0911. The van der Waals surface area contributed by atoms with Crippen LogP contribution in [0.25, 0.3) is 0 Å². The molecule has 0 radical (unpaired) electrons. The van der Waals surface area contributed by atoms with Crippen LogP contribution in [0.2, 0.25) is 0 Å². The molecule has 1 atom stereocenters. The predicted molar refractivity (Wildman–Crippen MR) is 64.6 cm³/mol. The first-order valence-electron chi connectivity index (χ1n) is 5.99. The zero-order chi connectivity index (χ0) is 12.3. The van der Waals surface area contributed by atoms with Gasteiger partial charge in [-0.1, -0.05) is 13.8 Å². The van der Waals surface area contributed by atoms with Crippen LogP contribution in [0, 0.1) is 11.8 Å². The number of aliphatic hydroxyl groups excluding tert-OH is 1. The summed E-state index contributed by atoms with van der Waals surface area (Å²) < 4.78 is 25.4. The molecule has 1 unspecified atom stereocenters. The minimum absolute atomic E-state index is 0.166. The topological polar surface area (TPSA) is 57.6 Å². The molecule has 96 valence electrons. The van der Waals surface area contributed by atoms with Crippen molar-refractivity contribution in [1.82, 2.24) is 4.31 Å². The van der Waals surface area contributed by atoms with Crippen LogP contribution in [0.15, 0.2) is 0 Å². The Morgan fingerprint density at radius 3 is 2.12 bits per heavy atom. The van der Waals surface area contributed by atoms with Crippen LogP contribution in [0.5, 0.6) is 0 Å². The first-order valence-corrected chi connectivity index (χ1v) is 7.59. The van der Waals surface area contributed by atoms with Crippen molar-refractivity contribution in [3.63, 3.8) is 0 Å². The van der Waals surface area contributed by atoms with Gasteiger partial charge in [-0.3, -0.25) is 0 Å². The molecular weight excluding hydrogens is 226 g/mol. The van der Waals surface area contributed by atoms with Crippen LogP contribution in [0.3, 0.4) is 0 Å². The minimum atomic E-state index is -3.08. The monoisotopic (exact) mass is 249 g/mol. The summed E-state index contributed by atoms with van der Waals surface area (Å²) in [5, 5.41) is 9.44. The number of hydrogen-bond acceptors (Lipinski definition) is 3. The highest BCUT2D eigenvalue weighted by molar-refractivity contribution is 7.89. The first kappa shape index (κ1) is 13.9. The number of hydrogen-bond donors (Lipinski definition) is 1. The number of nitrogens with zero attached hydrogens (tertiary/aromatic N) is 1. The number of aliphatic hydroxyl groups is 1. The lowest BCUT2D eigenvalue weighted by atomic mass is 9.93. The van der Waals surface area contributed by atoms with Crippen molar-refractivity contribution in [3.8, 4) is 0 Å². The van der Waals surface area contributed by atoms with E-state index in [1.807, 2.05) is 13.8 Å². The standard InChI is InChI=1S/C11H23NO3S/c1-9(2)8-16(14,15)12-6-4-11(5-7-12)10(3)13/h9-11,13H,4-8H2,1-3H3. The second-order valence-electron chi connectivity index (χ2n) is 5.15. The van der Waals surface area contributed by atoms with Crippen molar-refractivity contribution in [2.45, 2.75) is 39.7 Å². The smallest absolute Gasteiger partial charge is 0.214 e. The fourth-order valence-corrected chi connectivity index (χ4v) is 3.98. The highest BCUT2D eigenvalue weighted by Gasteiger charge is 2.29. The molecule has 1 N–H and O–H groups in total. The highest BCUT2D eigenvalue weighted by Crippen LogP contribution is 2.23. The fourth-order valence-electron chi connectivity index (χ4n) is 2.16. The van der Waals surface area contributed by atoms with Gasteiger partial charge in [-0.05, 0) is 31.6 Å². The predicted octanol–water partition coefficient (Wildman–Crippen LogP) is 1.06. The Labute approximate surface area is 98.7 Å². The zero-order valence-electron chi connectivity index (χ0n) is 10.4. The van der Waals surface area contributed by atoms with Gasteiger partial charge in [-0.15, -0.1) is 0 Å². The molecule has 4 nitrogen and oxygen atoms in total. The fraction of sp³-hybridized carbons (Fsp3) is 1.00. The number of rotatable bonds is 4. The summed E-state index contributed by atoms with van der Waals surface area (Å²) in [7, 11) is -3.08. The van der Waals surface area contributed by atoms with E-state index >= 15 is 0 Å². The van der Waals surface area contributed by atoms with Crippen molar-refractivity contribution >= 4 is 10.0 Å². The summed E-state index contributed by atoms with van der Waals surface area (Å²) >= 11 is 0. The molecule has 0 spiro atoms. The summed E-state index contributed by atoms with van der Waals surface area (Å²) in [6.45, 7) is 6.73. The molecule has 1 aliphatic heterocycles. The largest absolute Gasteiger partial charge is 0.393 e. The van der Waals surface area contributed by atoms with Crippen LogP contribution < -0.4 is 0 Å². The third-order valence-corrected chi connectivity index (χ3v) is 5.36. The Balaban J connectivity index is 2.53. The zero-order valence-corrected chi connectivity index (χ0v) is 11.2. The van der Waals surface area contributed by atoms with Gasteiger partial charge in [0.05, 0.1) is 11.9 Å². The molecule has 0 bridgehead atoms. The molecule has 1 rings (SSSR count). The van der Waals surface area contributed by atoms with Gasteiger partial charge < -0.3 is 5.11 Å². The van der Waals surface area contributed by atoms with E-state index < -0.39 is 10.0 Å². The van der Waals surface area contributed by atoms with Crippen LogP contribution in [-0.2, 0) is 10.0 Å². The van der Waals surface area contributed by atoms with Gasteiger partial charge in [-0.2, -0.15) is 0 Å². The average molecular weight is 249 g/mol. The lowest BCUT2D eigenvalue weighted by Crippen LogP contribution is -2.42. The molecule has 1 aliphatic rings. The molecule has 0 aromatic heterocycles. The van der Waals surface area contributed by atoms with E-state index in [2.05, 4.69) is 0 Å². The van der Waals surface area contributed by atoms with Gasteiger partial charge in [0.2, 0.25) is 10.0 Å². The van der Waals surface area contributed by atoms with Gasteiger partial charge in [0, 0.05) is 13.1 Å². The number of sulfonamides is 1. The maximum Gasteiger partial charge on any atom is 0.214 e. The molecule has 16 heavy (non-hydrogen) atoms. The van der Waals surface area contributed by atoms with E-state index in [4.69, 9.17) is 0 Å². The van der Waals surface area contributed by atoms with Gasteiger partial charge in [-0.25, -0.2) is 12.7 Å². The minimum Gasteiger partial charge on any atom is -0.393 e. The van der Waals surface area contributed by atoms with Crippen molar-refractivity contribution in [1.29, 1.82) is 0 Å². The van der Waals surface area contributed by atoms with Crippen molar-refractivity contribution < 1.29 is 13.5 Å². The van der Waals surface area contributed by atoms with E-state index in [9.17, 15) is 13.5 Å². The molecule has 0 saturated carbocycles. The van der Waals surface area contributed by atoms with Crippen molar-refractivity contribution in [2.24, 2.45) is 11.8 Å². The van der Waals surface area contributed by atoms with Crippen molar-refractivity contribution in [2.75, 3.05) is 18.8 Å². The SMILES string of the molecule is CC(C)CS(=O)(=O)N1CCC(C(C)O)CC1. The molecule has 1 heterocycles. The lowest BCUT2D eigenvalue weighted by Gasteiger charge is -2.32. The summed E-state index contributed by atoms with van der Waals surface area (Å²) in [5.41, 5.74) is 0. The summed E-state index contributed by atoms with van der Waals surface area (Å²) in [6, 6.07) is 0. The molecule has 0 amide bonds. The average Bonchev–Trinajstić information content (AvgIpc) is 2.16. The maximum absolute atomic E-state index is 11.9. The molecule has 5 heteroatoms. The second kappa shape index (κ2) is 5.47. The Morgan fingerprint density at radius 2 is 1.75 bits per heavy atom. The van der Waals surface area contributed by atoms with Crippen molar-refractivity contribution in [3.05, 3.63) is 0 Å². The molecular formula is C11H23NO3S. The third-order valence-electron chi connectivity index (χ3n) is 3.12. The van der Waals surface area contributed by atoms with Crippen LogP contribution in [0.4, 0.5) is 0 Å². The van der Waals surface area contributed by atoms with Crippen LogP contribution in [-0.4, -0.2) is 42.8 Å². The third kappa shape index (κ3) is 3.71. The molecule has 0 aromatic rings. The first-order chi connectivity index (χ1) is 7.33. The second-order valence-corrected chi connectivity index (χ2v) is 7.16. The Morgan fingerprint density at radius 1 is 1.25 bits per heavy atom. The van der Waals surface area contributed by atoms with Crippen LogP contribution >= 0.6 is 0 Å². The Bertz CT molecular complexity index is 303. The maximum atomic E-state index is 11.9.